The summed E-state index contributed by atoms with van der Waals surface area (Å²) in [7, 11) is -3.93. The number of hydrogen-bond acceptors (Lipinski definition) is 4. The minimum absolute atomic E-state index is 0.115. The van der Waals surface area contributed by atoms with Gasteiger partial charge in [0, 0.05) is 11.0 Å². The monoisotopic (exact) mass is 448 g/mol. The third-order valence-corrected chi connectivity index (χ3v) is 6.12. The van der Waals surface area contributed by atoms with Crippen LogP contribution in [0.1, 0.15) is 26.3 Å². The topological polar surface area (TPSA) is 52.6 Å². The summed E-state index contributed by atoms with van der Waals surface area (Å²) in [6.45, 7) is 7.69. The van der Waals surface area contributed by atoms with Gasteiger partial charge in [0.25, 0.3) is 10.1 Å². The Morgan fingerprint density at radius 2 is 1.50 bits per heavy atom. The Morgan fingerprint density at radius 3 is 2.16 bits per heavy atom. The first-order valence-corrected chi connectivity index (χ1v) is 11.8. The molecular weight excluding hydrogens is 420 g/mol. The summed E-state index contributed by atoms with van der Waals surface area (Å²) >= 11 is 0. The summed E-state index contributed by atoms with van der Waals surface area (Å²) < 4.78 is 36.9. The Balaban J connectivity index is 1.74. The molecule has 0 aliphatic heterocycles. The van der Waals surface area contributed by atoms with E-state index in [1.807, 2.05) is 82.3 Å². The third kappa shape index (κ3) is 6.23. The van der Waals surface area contributed by atoms with E-state index in [1.54, 1.807) is 24.3 Å². The molecule has 0 saturated carbocycles. The van der Waals surface area contributed by atoms with Crippen LogP contribution in [0, 0.1) is 24.2 Å². The van der Waals surface area contributed by atoms with Crippen molar-refractivity contribution in [3.05, 3.63) is 84.4 Å². The van der Waals surface area contributed by atoms with E-state index >= 15 is 0 Å². The summed E-state index contributed by atoms with van der Waals surface area (Å²) in [6, 6.07) is 24.3. The molecule has 0 bridgehead atoms. The van der Waals surface area contributed by atoms with Gasteiger partial charge in [-0.1, -0.05) is 98.8 Å². The lowest BCUT2D eigenvalue weighted by Crippen LogP contribution is -2.30. The van der Waals surface area contributed by atoms with Gasteiger partial charge in [0.2, 0.25) is 0 Å². The molecule has 0 amide bonds. The van der Waals surface area contributed by atoms with E-state index in [0.29, 0.717) is 5.75 Å². The van der Waals surface area contributed by atoms with Crippen LogP contribution < -0.4 is 4.74 Å². The van der Waals surface area contributed by atoms with Crippen molar-refractivity contribution in [1.29, 1.82) is 0 Å². The number of benzene rings is 3. The molecule has 166 valence electrons. The van der Waals surface area contributed by atoms with Crippen molar-refractivity contribution in [1.82, 2.24) is 0 Å². The van der Waals surface area contributed by atoms with Crippen LogP contribution in [-0.4, -0.2) is 21.1 Å². The maximum absolute atomic E-state index is 12.7. The fourth-order valence-corrected chi connectivity index (χ4v) is 4.14. The zero-order valence-corrected chi connectivity index (χ0v) is 19.6. The highest BCUT2D eigenvalue weighted by Gasteiger charge is 2.30. The van der Waals surface area contributed by atoms with E-state index in [-0.39, 0.29) is 11.5 Å². The Morgan fingerprint density at radius 1 is 0.875 bits per heavy atom. The van der Waals surface area contributed by atoms with Gasteiger partial charge in [-0.15, -0.1) is 0 Å². The normalized spacial score (nSPS) is 12.5. The number of hydrogen-bond donors (Lipinski definition) is 0. The highest BCUT2D eigenvalue weighted by Crippen LogP contribution is 2.29. The molecule has 0 aliphatic rings. The van der Waals surface area contributed by atoms with Crippen LogP contribution in [0.15, 0.2) is 83.8 Å². The molecular formula is C27H28O4S. The average Bonchev–Trinajstić information content (AvgIpc) is 2.76. The van der Waals surface area contributed by atoms with Gasteiger partial charge < -0.3 is 4.74 Å². The van der Waals surface area contributed by atoms with E-state index in [0.717, 1.165) is 16.7 Å². The molecule has 1 atom stereocenters. The molecule has 0 radical (unpaired) electrons. The fraction of sp³-hybridized carbons (Fsp3) is 0.259. The van der Waals surface area contributed by atoms with Crippen molar-refractivity contribution >= 4 is 10.1 Å². The van der Waals surface area contributed by atoms with Crippen LogP contribution in [0.3, 0.4) is 0 Å². The maximum Gasteiger partial charge on any atom is 0.298 e. The summed E-state index contributed by atoms with van der Waals surface area (Å²) in [5, 5.41) is 0. The van der Waals surface area contributed by atoms with Gasteiger partial charge in [-0.2, -0.15) is 8.42 Å². The van der Waals surface area contributed by atoms with Crippen LogP contribution in [0.5, 0.6) is 5.75 Å². The summed E-state index contributed by atoms with van der Waals surface area (Å²) in [5.74, 6) is 6.61. The van der Waals surface area contributed by atoms with Crippen LogP contribution in [0.4, 0.5) is 0 Å². The fourth-order valence-electron chi connectivity index (χ4n) is 2.97. The molecule has 4 nitrogen and oxygen atoms in total. The zero-order chi connectivity index (χ0) is 23.2. The molecule has 0 N–H and O–H groups in total. The second-order valence-electron chi connectivity index (χ2n) is 8.58. The molecule has 3 aromatic carbocycles. The lowest BCUT2D eigenvalue weighted by molar-refractivity contribution is 0.143. The van der Waals surface area contributed by atoms with Crippen molar-refractivity contribution in [3.63, 3.8) is 0 Å². The van der Waals surface area contributed by atoms with Crippen LogP contribution >= 0.6 is 0 Å². The van der Waals surface area contributed by atoms with Gasteiger partial charge in [-0.05, 0) is 30.7 Å². The van der Waals surface area contributed by atoms with Crippen molar-refractivity contribution in [2.24, 2.45) is 5.41 Å². The molecule has 0 saturated heterocycles. The molecule has 32 heavy (non-hydrogen) atoms. The molecule has 1 unspecified atom stereocenters. The maximum atomic E-state index is 12.7. The van der Waals surface area contributed by atoms with Gasteiger partial charge in [0.1, 0.15) is 18.5 Å². The number of ether oxygens (including phenoxy) is 1. The average molecular weight is 449 g/mol. The zero-order valence-electron chi connectivity index (χ0n) is 18.8. The summed E-state index contributed by atoms with van der Waals surface area (Å²) in [5.41, 5.74) is 2.49. The Labute approximate surface area is 191 Å². The molecule has 0 aromatic heterocycles. The number of para-hydroxylation sites is 1. The largest absolute Gasteiger partial charge is 0.480 e. The lowest BCUT2D eigenvalue weighted by atomic mass is 9.90. The van der Waals surface area contributed by atoms with Crippen LogP contribution in [0.25, 0.3) is 11.1 Å². The first-order valence-electron chi connectivity index (χ1n) is 10.4. The minimum Gasteiger partial charge on any atom is -0.480 e. The van der Waals surface area contributed by atoms with Gasteiger partial charge in [0.05, 0.1) is 4.90 Å². The quantitative estimate of drug-likeness (QED) is 0.350. The van der Waals surface area contributed by atoms with Crippen LogP contribution in [-0.2, 0) is 14.3 Å². The van der Waals surface area contributed by atoms with Crippen molar-refractivity contribution in [2.75, 3.05) is 6.61 Å². The lowest BCUT2D eigenvalue weighted by Gasteiger charge is -2.25. The Kier molecular flexibility index (Phi) is 7.40. The Bertz CT molecular complexity index is 1200. The highest BCUT2D eigenvalue weighted by atomic mass is 32.2. The van der Waals surface area contributed by atoms with E-state index in [4.69, 9.17) is 8.92 Å². The van der Waals surface area contributed by atoms with Crippen molar-refractivity contribution in [3.8, 4) is 28.7 Å². The van der Waals surface area contributed by atoms with E-state index in [2.05, 4.69) is 11.8 Å². The summed E-state index contributed by atoms with van der Waals surface area (Å²) in [4.78, 5) is 0.118. The van der Waals surface area contributed by atoms with Gasteiger partial charge in [-0.3, -0.25) is 0 Å². The summed E-state index contributed by atoms with van der Waals surface area (Å²) in [6.07, 6.45) is -0.818. The van der Waals surface area contributed by atoms with Crippen molar-refractivity contribution < 1.29 is 17.3 Å². The number of rotatable bonds is 6. The molecule has 5 heteroatoms. The molecule has 0 fully saturated rings. The smallest absolute Gasteiger partial charge is 0.298 e. The van der Waals surface area contributed by atoms with Gasteiger partial charge >= 0.3 is 0 Å². The van der Waals surface area contributed by atoms with E-state index < -0.39 is 21.6 Å². The predicted octanol–water partition coefficient (Wildman–Crippen LogP) is 5.86. The standard InChI is InChI=1S/C27H28O4S/c1-21-16-18-23(19-17-21)32(28,29)31-26(27(2,3)4)15-10-20-30-25-14-9-8-13-24(25)22-11-6-5-7-12-22/h5-9,11-14,16-19,26H,20H2,1-4H3. The first-order chi connectivity index (χ1) is 15.2. The first kappa shape index (κ1) is 23.6. The highest BCUT2D eigenvalue weighted by molar-refractivity contribution is 7.86. The predicted molar refractivity (Wildman–Crippen MR) is 128 cm³/mol. The minimum atomic E-state index is -3.93. The van der Waals surface area contributed by atoms with Crippen LogP contribution in [0.2, 0.25) is 0 Å². The Hall–Kier alpha value is -3.07. The second kappa shape index (κ2) is 10.0. The SMILES string of the molecule is Cc1ccc(S(=O)(=O)OC(C#CCOc2ccccc2-c2ccccc2)C(C)(C)C)cc1. The second-order valence-corrected chi connectivity index (χ2v) is 10.2. The third-order valence-electron chi connectivity index (χ3n) is 4.82. The molecule has 0 heterocycles. The van der Waals surface area contributed by atoms with Gasteiger partial charge in [-0.25, -0.2) is 4.18 Å². The molecule has 0 spiro atoms. The van der Waals surface area contributed by atoms with E-state index in [9.17, 15) is 8.42 Å². The van der Waals surface area contributed by atoms with Crippen molar-refractivity contribution in [2.45, 2.75) is 38.7 Å². The molecule has 0 aliphatic carbocycles. The van der Waals surface area contributed by atoms with E-state index in [1.165, 1.54) is 0 Å². The number of aryl methyl sites for hydroxylation is 1. The molecule has 3 rings (SSSR count). The van der Waals surface area contributed by atoms with Gasteiger partial charge in [0.15, 0.2) is 0 Å². The molecule has 3 aromatic rings.